The highest BCUT2D eigenvalue weighted by atomic mass is 16.5. The summed E-state index contributed by atoms with van der Waals surface area (Å²) >= 11 is 0. The molecule has 1 aromatic rings. The average molecular weight is 278 g/mol. The van der Waals surface area contributed by atoms with Crippen molar-refractivity contribution in [2.24, 2.45) is 0 Å². The molecule has 6 nitrogen and oxygen atoms in total. The number of nitrogens with one attached hydrogen (secondary N) is 2. The van der Waals surface area contributed by atoms with E-state index in [0.717, 1.165) is 12.8 Å². The number of rotatable bonds is 6. The van der Waals surface area contributed by atoms with Gasteiger partial charge in [-0.25, -0.2) is 0 Å². The van der Waals surface area contributed by atoms with E-state index in [9.17, 15) is 9.59 Å². The Morgan fingerprint density at radius 2 is 1.95 bits per heavy atom. The summed E-state index contributed by atoms with van der Waals surface area (Å²) in [6.07, 6.45) is 1.80. The van der Waals surface area contributed by atoms with E-state index in [1.54, 1.807) is 18.2 Å². The van der Waals surface area contributed by atoms with Gasteiger partial charge in [0, 0.05) is 12.1 Å². The van der Waals surface area contributed by atoms with Gasteiger partial charge in [0.15, 0.2) is 0 Å². The Kier molecular flexibility index (Phi) is 4.45. The predicted octanol–water partition coefficient (Wildman–Crippen LogP) is 1.31. The van der Waals surface area contributed by atoms with Gasteiger partial charge >= 0.3 is 0 Å². The smallest absolute Gasteiger partial charge is 0.233 e. The van der Waals surface area contributed by atoms with Gasteiger partial charge in [0.25, 0.3) is 0 Å². The number of hydrogen-bond acceptors (Lipinski definition) is 4. The first-order valence-corrected chi connectivity index (χ1v) is 6.43. The summed E-state index contributed by atoms with van der Waals surface area (Å²) in [7, 11) is 3.05. The highest BCUT2D eigenvalue weighted by molar-refractivity contribution is 6.04. The predicted molar refractivity (Wildman–Crippen MR) is 74.0 cm³/mol. The van der Waals surface area contributed by atoms with Gasteiger partial charge in [-0.15, -0.1) is 0 Å². The van der Waals surface area contributed by atoms with Crippen LogP contribution in [-0.4, -0.2) is 32.1 Å². The molecule has 0 heterocycles. The molecular formula is C14H18N2O4. The molecule has 0 unspecified atom stereocenters. The molecule has 1 saturated carbocycles. The van der Waals surface area contributed by atoms with Gasteiger partial charge in [-0.2, -0.15) is 0 Å². The lowest BCUT2D eigenvalue weighted by Crippen LogP contribution is -2.29. The van der Waals surface area contributed by atoms with Gasteiger partial charge in [0.2, 0.25) is 11.8 Å². The zero-order chi connectivity index (χ0) is 14.5. The van der Waals surface area contributed by atoms with Gasteiger partial charge in [0.05, 0.1) is 19.9 Å². The highest BCUT2D eigenvalue weighted by Gasteiger charge is 2.24. The lowest BCUT2D eigenvalue weighted by Gasteiger charge is -2.11. The van der Waals surface area contributed by atoms with Crippen LogP contribution in [-0.2, 0) is 9.59 Å². The summed E-state index contributed by atoms with van der Waals surface area (Å²) in [4.78, 5) is 23.4. The van der Waals surface area contributed by atoms with Crippen molar-refractivity contribution in [3.63, 3.8) is 0 Å². The van der Waals surface area contributed by atoms with Crippen LogP contribution in [0.25, 0.3) is 0 Å². The molecule has 0 bridgehead atoms. The van der Waals surface area contributed by atoms with Crippen molar-refractivity contribution in [2.45, 2.75) is 25.3 Å². The third kappa shape index (κ3) is 3.88. The maximum absolute atomic E-state index is 11.8. The normalized spacial score (nSPS) is 13.5. The van der Waals surface area contributed by atoms with E-state index in [1.807, 2.05) is 0 Å². The molecule has 108 valence electrons. The summed E-state index contributed by atoms with van der Waals surface area (Å²) < 4.78 is 10.2. The van der Waals surface area contributed by atoms with Crippen molar-refractivity contribution in [3.05, 3.63) is 18.2 Å². The minimum absolute atomic E-state index is 0.198. The zero-order valence-electron chi connectivity index (χ0n) is 11.6. The third-order valence-electron chi connectivity index (χ3n) is 2.94. The summed E-state index contributed by atoms with van der Waals surface area (Å²) in [5.41, 5.74) is 0.482. The van der Waals surface area contributed by atoms with E-state index in [4.69, 9.17) is 9.47 Å². The first-order valence-electron chi connectivity index (χ1n) is 6.43. The van der Waals surface area contributed by atoms with Crippen LogP contribution in [0.4, 0.5) is 5.69 Å². The number of amides is 2. The van der Waals surface area contributed by atoms with E-state index >= 15 is 0 Å². The summed E-state index contributed by atoms with van der Waals surface area (Å²) in [5.74, 6) is 0.479. The molecule has 2 rings (SSSR count). The van der Waals surface area contributed by atoms with Crippen LogP contribution >= 0.6 is 0 Å². The third-order valence-corrected chi connectivity index (χ3v) is 2.94. The molecule has 2 N–H and O–H groups in total. The van der Waals surface area contributed by atoms with Gasteiger partial charge in [-0.3, -0.25) is 9.59 Å². The fourth-order valence-electron chi connectivity index (χ4n) is 1.76. The molecule has 1 aromatic carbocycles. The van der Waals surface area contributed by atoms with Crippen molar-refractivity contribution in [1.82, 2.24) is 5.32 Å². The van der Waals surface area contributed by atoms with Gasteiger partial charge in [-0.1, -0.05) is 0 Å². The summed E-state index contributed by atoms with van der Waals surface area (Å²) in [5, 5.41) is 5.42. The van der Waals surface area contributed by atoms with Gasteiger partial charge in [-0.05, 0) is 25.0 Å². The van der Waals surface area contributed by atoms with Gasteiger partial charge < -0.3 is 20.1 Å². The molecule has 0 atom stereocenters. The Morgan fingerprint density at radius 1 is 1.20 bits per heavy atom. The zero-order valence-corrected chi connectivity index (χ0v) is 11.6. The van der Waals surface area contributed by atoms with E-state index in [-0.39, 0.29) is 24.3 Å². The van der Waals surface area contributed by atoms with Crippen LogP contribution in [0, 0.1) is 0 Å². The summed E-state index contributed by atoms with van der Waals surface area (Å²) in [6, 6.07) is 5.32. The molecule has 0 saturated heterocycles. The molecule has 1 aliphatic rings. The monoisotopic (exact) mass is 278 g/mol. The van der Waals surface area contributed by atoms with Crippen LogP contribution in [0.15, 0.2) is 18.2 Å². The number of carbonyl (C=O) groups excluding carboxylic acids is 2. The molecule has 6 heteroatoms. The van der Waals surface area contributed by atoms with Crippen molar-refractivity contribution in [1.29, 1.82) is 0 Å². The topological polar surface area (TPSA) is 76.7 Å². The molecule has 0 radical (unpaired) electrons. The Hall–Kier alpha value is -2.24. The van der Waals surface area contributed by atoms with Crippen molar-refractivity contribution in [2.75, 3.05) is 19.5 Å². The minimum Gasteiger partial charge on any atom is -0.497 e. The van der Waals surface area contributed by atoms with Crippen LogP contribution in [0.2, 0.25) is 0 Å². The van der Waals surface area contributed by atoms with Crippen molar-refractivity contribution in [3.8, 4) is 11.5 Å². The van der Waals surface area contributed by atoms with Crippen LogP contribution in [0.1, 0.15) is 19.3 Å². The quantitative estimate of drug-likeness (QED) is 0.769. The average Bonchev–Trinajstić information content (AvgIpc) is 3.22. The van der Waals surface area contributed by atoms with E-state index in [2.05, 4.69) is 10.6 Å². The summed E-state index contributed by atoms with van der Waals surface area (Å²) in [6.45, 7) is 0. The molecule has 1 fully saturated rings. The maximum atomic E-state index is 11.8. The Bertz CT molecular complexity index is 512. The number of carbonyl (C=O) groups is 2. The first kappa shape index (κ1) is 14.2. The second-order valence-corrected chi connectivity index (χ2v) is 4.63. The minimum atomic E-state index is -0.380. The fourth-order valence-corrected chi connectivity index (χ4v) is 1.76. The Balaban J connectivity index is 1.96. The number of anilines is 1. The van der Waals surface area contributed by atoms with E-state index in [1.165, 1.54) is 14.2 Å². The SMILES string of the molecule is COc1ccc(OC)c(NC(=O)CC(=O)NC2CC2)c1. The van der Waals surface area contributed by atoms with Crippen LogP contribution in [0.5, 0.6) is 11.5 Å². The van der Waals surface area contributed by atoms with Crippen molar-refractivity contribution < 1.29 is 19.1 Å². The highest BCUT2D eigenvalue weighted by Crippen LogP contribution is 2.29. The van der Waals surface area contributed by atoms with E-state index < -0.39 is 0 Å². The van der Waals surface area contributed by atoms with Crippen LogP contribution < -0.4 is 20.1 Å². The fraction of sp³-hybridized carbons (Fsp3) is 0.429. The number of ether oxygens (including phenoxy) is 2. The van der Waals surface area contributed by atoms with Crippen LogP contribution in [0.3, 0.4) is 0 Å². The second kappa shape index (κ2) is 6.27. The lowest BCUT2D eigenvalue weighted by molar-refractivity contribution is -0.126. The molecule has 0 aliphatic heterocycles. The van der Waals surface area contributed by atoms with Crippen molar-refractivity contribution >= 4 is 17.5 Å². The second-order valence-electron chi connectivity index (χ2n) is 4.63. The number of methoxy groups -OCH3 is 2. The molecule has 0 spiro atoms. The molecule has 20 heavy (non-hydrogen) atoms. The van der Waals surface area contributed by atoms with Gasteiger partial charge in [0.1, 0.15) is 17.9 Å². The number of benzene rings is 1. The largest absolute Gasteiger partial charge is 0.497 e. The maximum Gasteiger partial charge on any atom is 0.233 e. The van der Waals surface area contributed by atoms with E-state index in [0.29, 0.717) is 17.2 Å². The molecule has 2 amide bonds. The Morgan fingerprint density at radius 3 is 2.55 bits per heavy atom. The first-order chi connectivity index (χ1) is 9.62. The molecule has 1 aliphatic carbocycles. The Labute approximate surface area is 117 Å². The standard InChI is InChI=1S/C14H18N2O4/c1-19-10-5-6-12(20-2)11(7-10)16-14(18)8-13(17)15-9-3-4-9/h5-7,9H,3-4,8H2,1-2H3,(H,15,17)(H,16,18). The lowest BCUT2D eigenvalue weighted by atomic mass is 10.2. The molecular weight excluding hydrogens is 260 g/mol. The molecule has 0 aromatic heterocycles. The number of hydrogen-bond donors (Lipinski definition) is 2.